The molecule has 1 heterocycles. The molecule has 0 aliphatic heterocycles. The number of benzene rings is 1. The number of hydrogen-bond acceptors (Lipinski definition) is 3. The van der Waals surface area contributed by atoms with Crippen LogP contribution >= 0.6 is 0 Å². The molecule has 128 valence electrons. The predicted octanol–water partition coefficient (Wildman–Crippen LogP) is 1.92. The first kappa shape index (κ1) is 17.5. The summed E-state index contributed by atoms with van der Waals surface area (Å²) >= 11 is 0. The van der Waals surface area contributed by atoms with E-state index in [9.17, 15) is 14.4 Å². The molecule has 7 heteroatoms. The van der Waals surface area contributed by atoms with Crippen LogP contribution in [0.1, 0.15) is 25.5 Å². The third-order valence-electron chi connectivity index (χ3n) is 3.88. The van der Waals surface area contributed by atoms with Crippen molar-refractivity contribution in [3.8, 4) is 5.69 Å². The Morgan fingerprint density at radius 3 is 2.42 bits per heavy atom. The van der Waals surface area contributed by atoms with Gasteiger partial charge in [0.15, 0.2) is 0 Å². The Labute approximate surface area is 139 Å². The minimum atomic E-state index is -0.947. The van der Waals surface area contributed by atoms with Crippen LogP contribution in [0.2, 0.25) is 0 Å². The Balaban J connectivity index is 2.25. The molecule has 0 aliphatic rings. The lowest BCUT2D eigenvalue weighted by molar-refractivity contribution is -0.138. The van der Waals surface area contributed by atoms with Gasteiger partial charge in [-0.3, -0.25) is 19.1 Å². The lowest BCUT2D eigenvalue weighted by atomic mass is 10.0. The van der Waals surface area contributed by atoms with Gasteiger partial charge >= 0.3 is 5.97 Å². The number of carboxylic acids is 1. The molecule has 0 bridgehead atoms. The minimum absolute atomic E-state index is 0.0470. The largest absolute Gasteiger partial charge is 0.481 e. The maximum atomic E-state index is 12.6. The van der Waals surface area contributed by atoms with E-state index >= 15 is 0 Å². The van der Waals surface area contributed by atoms with Crippen molar-refractivity contribution in [1.82, 2.24) is 9.36 Å². The first-order chi connectivity index (χ1) is 11.3. The second-order valence-electron chi connectivity index (χ2n) is 5.89. The molecule has 1 aromatic heterocycles. The molecule has 0 unspecified atom stereocenters. The number of nitrogens with one attached hydrogen (secondary N) is 1. The lowest BCUT2D eigenvalue weighted by Gasteiger charge is -2.08. The van der Waals surface area contributed by atoms with Crippen LogP contribution in [-0.2, 0) is 16.6 Å². The fourth-order valence-electron chi connectivity index (χ4n) is 2.59. The third-order valence-corrected chi connectivity index (χ3v) is 3.88. The van der Waals surface area contributed by atoms with E-state index in [1.165, 1.54) is 4.68 Å². The van der Waals surface area contributed by atoms with Gasteiger partial charge in [0, 0.05) is 19.9 Å². The van der Waals surface area contributed by atoms with Gasteiger partial charge in [-0.1, -0.05) is 25.1 Å². The zero-order valence-corrected chi connectivity index (χ0v) is 13.9. The van der Waals surface area contributed by atoms with E-state index < -0.39 is 5.97 Å². The predicted molar refractivity (Wildman–Crippen MR) is 90.4 cm³/mol. The molecule has 0 radical (unpaired) electrons. The highest BCUT2D eigenvalue weighted by atomic mass is 16.4. The van der Waals surface area contributed by atoms with Gasteiger partial charge in [0.1, 0.15) is 5.69 Å². The number of hydrogen-bond donors (Lipinski definition) is 2. The van der Waals surface area contributed by atoms with Crippen LogP contribution in [0.15, 0.2) is 35.1 Å². The van der Waals surface area contributed by atoms with Crippen molar-refractivity contribution < 1.29 is 14.7 Å². The quantitative estimate of drug-likeness (QED) is 0.846. The zero-order valence-electron chi connectivity index (χ0n) is 13.9. The average molecular weight is 331 g/mol. The molecule has 0 spiro atoms. The van der Waals surface area contributed by atoms with Gasteiger partial charge in [-0.15, -0.1) is 0 Å². The Hall–Kier alpha value is -2.83. The van der Waals surface area contributed by atoms with E-state index in [4.69, 9.17) is 5.11 Å². The van der Waals surface area contributed by atoms with E-state index in [0.29, 0.717) is 11.4 Å². The van der Waals surface area contributed by atoms with Crippen LogP contribution in [0.4, 0.5) is 5.69 Å². The number of carboxylic acid groups (broad SMARTS) is 1. The summed E-state index contributed by atoms with van der Waals surface area (Å²) in [4.78, 5) is 35.4. The molecular weight excluding hydrogens is 310 g/mol. The number of para-hydroxylation sites is 1. The van der Waals surface area contributed by atoms with E-state index in [0.717, 1.165) is 0 Å². The Morgan fingerprint density at radius 1 is 1.21 bits per heavy atom. The molecule has 2 aromatic rings. The maximum Gasteiger partial charge on any atom is 0.303 e. The number of aliphatic carboxylic acids is 1. The van der Waals surface area contributed by atoms with E-state index in [1.54, 1.807) is 37.7 Å². The number of nitrogens with zero attached hydrogens (tertiary/aromatic N) is 2. The summed E-state index contributed by atoms with van der Waals surface area (Å²) in [5.41, 5.74) is 1.23. The lowest BCUT2D eigenvalue weighted by Crippen LogP contribution is -2.24. The van der Waals surface area contributed by atoms with Crippen LogP contribution in [0.25, 0.3) is 5.69 Å². The summed E-state index contributed by atoms with van der Waals surface area (Å²) < 4.78 is 3.15. The average Bonchev–Trinajstić information content (AvgIpc) is 2.71. The summed E-state index contributed by atoms with van der Waals surface area (Å²) in [6.45, 7) is 3.44. The second kappa shape index (κ2) is 7.16. The highest BCUT2D eigenvalue weighted by Gasteiger charge is 2.19. The van der Waals surface area contributed by atoms with Gasteiger partial charge in [-0.25, -0.2) is 4.68 Å². The first-order valence-corrected chi connectivity index (χ1v) is 7.67. The van der Waals surface area contributed by atoms with Crippen LogP contribution < -0.4 is 10.9 Å². The SMILES string of the molecule is Cc1c(NC(=O)C[C@H](C)CC(=O)O)c(=O)n(-c2ccccc2)n1C. The standard InChI is InChI=1S/C17H21N3O4/c1-11(10-15(22)23)9-14(21)18-16-12(2)19(3)20(17(16)24)13-7-5-4-6-8-13/h4-8,11H,9-10H2,1-3H3,(H,18,21)(H,22,23)/t11-/m0/s1. The summed E-state index contributed by atoms with van der Waals surface area (Å²) in [6.07, 6.45) is -0.0408. The summed E-state index contributed by atoms with van der Waals surface area (Å²) in [5, 5.41) is 11.4. The third kappa shape index (κ3) is 3.73. The molecule has 2 rings (SSSR count). The molecule has 0 fully saturated rings. The molecule has 0 saturated carbocycles. The van der Waals surface area contributed by atoms with Crippen LogP contribution in [0.3, 0.4) is 0 Å². The van der Waals surface area contributed by atoms with Gasteiger partial charge in [-0.05, 0) is 25.0 Å². The molecule has 24 heavy (non-hydrogen) atoms. The molecule has 1 amide bonds. The fourth-order valence-corrected chi connectivity index (χ4v) is 2.59. The van der Waals surface area contributed by atoms with Gasteiger partial charge in [0.25, 0.3) is 5.56 Å². The maximum absolute atomic E-state index is 12.6. The summed E-state index contributed by atoms with van der Waals surface area (Å²) in [7, 11) is 1.74. The number of carbonyl (C=O) groups is 2. The normalized spacial score (nSPS) is 12.0. The fraction of sp³-hybridized carbons (Fsp3) is 0.353. The number of aromatic nitrogens is 2. The van der Waals surface area contributed by atoms with Crippen molar-refractivity contribution in [3.63, 3.8) is 0 Å². The molecule has 0 saturated heterocycles. The molecule has 7 nitrogen and oxygen atoms in total. The number of carbonyl (C=O) groups excluding carboxylic acids is 1. The topological polar surface area (TPSA) is 93.3 Å². The van der Waals surface area contributed by atoms with Gasteiger partial charge in [0.05, 0.1) is 11.4 Å². The van der Waals surface area contributed by atoms with Crippen LogP contribution in [-0.4, -0.2) is 26.3 Å². The Morgan fingerprint density at radius 2 is 1.83 bits per heavy atom. The Kier molecular flexibility index (Phi) is 5.23. The van der Waals surface area contributed by atoms with Crippen LogP contribution in [0, 0.1) is 12.8 Å². The van der Waals surface area contributed by atoms with E-state index in [-0.39, 0.29) is 35.9 Å². The van der Waals surface area contributed by atoms with Gasteiger partial charge in [0.2, 0.25) is 5.91 Å². The summed E-state index contributed by atoms with van der Waals surface area (Å²) in [6, 6.07) is 9.13. The molecule has 2 N–H and O–H groups in total. The van der Waals surface area contributed by atoms with Crippen molar-refractivity contribution in [2.24, 2.45) is 13.0 Å². The van der Waals surface area contributed by atoms with Crippen molar-refractivity contribution in [3.05, 3.63) is 46.4 Å². The molecular formula is C17H21N3O4. The monoisotopic (exact) mass is 331 g/mol. The molecule has 0 aliphatic carbocycles. The smallest absolute Gasteiger partial charge is 0.303 e. The first-order valence-electron chi connectivity index (χ1n) is 7.67. The van der Waals surface area contributed by atoms with E-state index in [2.05, 4.69) is 5.32 Å². The molecule has 1 aromatic carbocycles. The number of anilines is 1. The number of amides is 1. The van der Waals surface area contributed by atoms with Crippen molar-refractivity contribution >= 4 is 17.6 Å². The van der Waals surface area contributed by atoms with Crippen molar-refractivity contribution in [1.29, 1.82) is 0 Å². The van der Waals surface area contributed by atoms with Crippen molar-refractivity contribution in [2.75, 3.05) is 5.32 Å². The highest BCUT2D eigenvalue weighted by molar-refractivity contribution is 5.91. The van der Waals surface area contributed by atoms with Gasteiger partial charge < -0.3 is 10.4 Å². The van der Waals surface area contributed by atoms with Crippen molar-refractivity contribution in [2.45, 2.75) is 26.7 Å². The highest BCUT2D eigenvalue weighted by Crippen LogP contribution is 2.15. The van der Waals surface area contributed by atoms with Gasteiger partial charge in [-0.2, -0.15) is 0 Å². The number of rotatable bonds is 6. The van der Waals surface area contributed by atoms with Crippen LogP contribution in [0.5, 0.6) is 0 Å². The minimum Gasteiger partial charge on any atom is -0.481 e. The van der Waals surface area contributed by atoms with E-state index in [1.807, 2.05) is 18.2 Å². The summed E-state index contributed by atoms with van der Waals surface area (Å²) in [5.74, 6) is -1.62. The second-order valence-corrected chi connectivity index (χ2v) is 5.89. The molecule has 1 atom stereocenters. The Bertz CT molecular complexity index is 805. The zero-order chi connectivity index (χ0) is 17.9.